The molecule has 0 saturated carbocycles. The minimum absolute atomic E-state index is 0.218. The van der Waals surface area contributed by atoms with Crippen LogP contribution in [0.15, 0.2) is 78.9 Å². The number of aromatic hydroxyl groups is 2. The maximum Gasteiger partial charge on any atom is 0.115 e. The molecule has 0 radical (unpaired) electrons. The summed E-state index contributed by atoms with van der Waals surface area (Å²) in [5.41, 5.74) is 4.95. The fourth-order valence-electron chi connectivity index (χ4n) is 3.86. The minimum atomic E-state index is 0.218. The van der Waals surface area contributed by atoms with Gasteiger partial charge in [0.2, 0.25) is 0 Å². The number of allylic oxidation sites excluding steroid dienone is 5. The van der Waals surface area contributed by atoms with Gasteiger partial charge >= 0.3 is 0 Å². The van der Waals surface area contributed by atoms with E-state index >= 15 is 0 Å². The fraction of sp³-hybridized carbons (Fsp3) is 0.217. The Morgan fingerprint density at radius 3 is 2.48 bits per heavy atom. The summed E-state index contributed by atoms with van der Waals surface area (Å²) in [6.45, 7) is 5.84. The van der Waals surface area contributed by atoms with Crippen LogP contribution in [-0.2, 0) is 6.42 Å². The molecule has 128 valence electrons. The van der Waals surface area contributed by atoms with Crippen LogP contribution in [0, 0.1) is 0 Å². The Labute approximate surface area is 149 Å². The highest BCUT2D eigenvalue weighted by atomic mass is 16.3. The molecule has 2 unspecified atom stereocenters. The van der Waals surface area contributed by atoms with E-state index in [4.69, 9.17) is 0 Å². The van der Waals surface area contributed by atoms with Gasteiger partial charge in [-0.2, -0.15) is 0 Å². The summed E-state index contributed by atoms with van der Waals surface area (Å²) in [4.78, 5) is 0. The van der Waals surface area contributed by atoms with Crippen LogP contribution in [0.5, 0.6) is 11.5 Å². The quantitative estimate of drug-likeness (QED) is 0.715. The van der Waals surface area contributed by atoms with E-state index in [1.807, 2.05) is 30.3 Å². The Kier molecular flexibility index (Phi) is 5.08. The summed E-state index contributed by atoms with van der Waals surface area (Å²) in [7, 11) is 0. The molecule has 0 aromatic heterocycles. The average molecular weight is 332 g/mol. The number of hydrogen-bond acceptors (Lipinski definition) is 2. The molecule has 1 aliphatic carbocycles. The molecule has 0 heterocycles. The van der Waals surface area contributed by atoms with Crippen molar-refractivity contribution < 1.29 is 10.2 Å². The number of benzene rings is 2. The summed E-state index contributed by atoms with van der Waals surface area (Å²) < 4.78 is 0. The van der Waals surface area contributed by atoms with Crippen molar-refractivity contribution in [2.45, 2.75) is 31.6 Å². The van der Waals surface area contributed by atoms with E-state index in [0.29, 0.717) is 17.4 Å². The van der Waals surface area contributed by atoms with E-state index in [-0.39, 0.29) is 5.92 Å². The van der Waals surface area contributed by atoms with Crippen molar-refractivity contribution in [2.24, 2.45) is 0 Å². The van der Waals surface area contributed by atoms with Crippen molar-refractivity contribution in [1.82, 2.24) is 0 Å². The second-order valence-corrected chi connectivity index (χ2v) is 6.48. The molecule has 0 saturated heterocycles. The van der Waals surface area contributed by atoms with Gasteiger partial charge in [0, 0.05) is 5.92 Å². The van der Waals surface area contributed by atoms with Gasteiger partial charge in [-0.25, -0.2) is 0 Å². The van der Waals surface area contributed by atoms with Crippen molar-refractivity contribution >= 4 is 0 Å². The first kappa shape index (κ1) is 17.1. The lowest BCUT2D eigenvalue weighted by molar-refractivity contribution is 0.467. The molecule has 2 atom stereocenters. The molecule has 0 fully saturated rings. The number of phenolic OH excluding ortho intramolecular Hbond substituents is 2. The number of aryl methyl sites for hydroxylation is 1. The largest absolute Gasteiger partial charge is 0.508 e. The maximum atomic E-state index is 9.86. The first-order valence-corrected chi connectivity index (χ1v) is 8.70. The summed E-state index contributed by atoms with van der Waals surface area (Å²) in [5.74, 6) is 1.16. The van der Waals surface area contributed by atoms with Gasteiger partial charge in [-0.3, -0.25) is 0 Å². The predicted molar refractivity (Wildman–Crippen MR) is 103 cm³/mol. The third kappa shape index (κ3) is 3.53. The summed E-state index contributed by atoms with van der Waals surface area (Å²) in [6, 6.07) is 13.3. The Morgan fingerprint density at radius 1 is 1.08 bits per heavy atom. The number of fused-ring (bicyclic) bond motifs is 1. The third-order valence-corrected chi connectivity index (χ3v) is 5.03. The van der Waals surface area contributed by atoms with E-state index in [1.54, 1.807) is 24.3 Å². The van der Waals surface area contributed by atoms with Gasteiger partial charge in [0.05, 0.1) is 0 Å². The molecule has 2 aromatic carbocycles. The molecule has 25 heavy (non-hydrogen) atoms. The Bertz CT molecular complexity index is 812. The van der Waals surface area contributed by atoms with E-state index in [0.717, 1.165) is 12.8 Å². The average Bonchev–Trinajstić information content (AvgIpc) is 2.63. The molecule has 0 bridgehead atoms. The monoisotopic (exact) mass is 332 g/mol. The van der Waals surface area contributed by atoms with E-state index in [9.17, 15) is 10.2 Å². The molecular weight excluding hydrogens is 308 g/mol. The van der Waals surface area contributed by atoms with E-state index in [2.05, 4.69) is 25.7 Å². The number of phenols is 2. The second-order valence-electron chi connectivity index (χ2n) is 6.48. The fourth-order valence-corrected chi connectivity index (χ4v) is 3.86. The first-order valence-electron chi connectivity index (χ1n) is 8.70. The lowest BCUT2D eigenvalue weighted by atomic mass is 9.69. The highest BCUT2D eigenvalue weighted by Gasteiger charge is 2.32. The van der Waals surface area contributed by atoms with Crippen LogP contribution in [0.3, 0.4) is 0 Å². The molecule has 2 aromatic rings. The standard InChI is InChI=1S/C23H24O2/c1-3-5-6-16(4-2)23-21(17-7-10-19(24)11-8-17)13-9-18-15-20(25)12-14-22(18)23/h3-8,10-12,14-15,21,23-25H,1,9,13H2,2H3/b6-5-,16-4+. The van der Waals surface area contributed by atoms with Crippen LogP contribution in [0.2, 0.25) is 0 Å². The smallest absolute Gasteiger partial charge is 0.115 e. The van der Waals surface area contributed by atoms with Crippen molar-refractivity contribution in [2.75, 3.05) is 0 Å². The Hall–Kier alpha value is -2.74. The first-order chi connectivity index (χ1) is 12.1. The zero-order valence-electron chi connectivity index (χ0n) is 14.5. The summed E-state index contributed by atoms with van der Waals surface area (Å²) >= 11 is 0. The zero-order chi connectivity index (χ0) is 17.8. The van der Waals surface area contributed by atoms with Crippen molar-refractivity contribution in [1.29, 1.82) is 0 Å². The molecule has 2 N–H and O–H groups in total. The van der Waals surface area contributed by atoms with Gasteiger partial charge in [-0.15, -0.1) is 0 Å². The van der Waals surface area contributed by atoms with Gasteiger partial charge in [0.25, 0.3) is 0 Å². The van der Waals surface area contributed by atoms with E-state index < -0.39 is 0 Å². The Balaban J connectivity index is 2.11. The van der Waals surface area contributed by atoms with E-state index in [1.165, 1.54) is 22.3 Å². The van der Waals surface area contributed by atoms with Gasteiger partial charge in [-0.05, 0) is 72.2 Å². The van der Waals surface area contributed by atoms with Gasteiger partial charge in [-0.1, -0.05) is 49.1 Å². The van der Waals surface area contributed by atoms with Gasteiger partial charge in [0.1, 0.15) is 11.5 Å². The highest BCUT2D eigenvalue weighted by Crippen LogP contribution is 2.47. The molecule has 0 amide bonds. The highest BCUT2D eigenvalue weighted by molar-refractivity contribution is 5.49. The second kappa shape index (κ2) is 7.43. The van der Waals surface area contributed by atoms with Gasteiger partial charge < -0.3 is 10.2 Å². The van der Waals surface area contributed by atoms with Gasteiger partial charge in [0.15, 0.2) is 0 Å². The molecule has 3 rings (SSSR count). The molecule has 2 nitrogen and oxygen atoms in total. The summed E-state index contributed by atoms with van der Waals surface area (Å²) in [6.07, 6.45) is 9.98. The molecule has 1 aliphatic rings. The van der Waals surface area contributed by atoms with Crippen molar-refractivity contribution in [3.05, 3.63) is 95.6 Å². The maximum absolute atomic E-state index is 9.86. The van der Waals surface area contributed by atoms with Crippen molar-refractivity contribution in [3.63, 3.8) is 0 Å². The Morgan fingerprint density at radius 2 is 1.80 bits per heavy atom. The predicted octanol–water partition coefficient (Wildman–Crippen LogP) is 5.60. The van der Waals surface area contributed by atoms with Crippen LogP contribution in [0.4, 0.5) is 0 Å². The SMILES string of the molecule is C=C/C=C\C(=C/C)C1c2ccc(O)cc2CCC1c1ccc(O)cc1. The lowest BCUT2D eigenvalue weighted by Gasteiger charge is -2.35. The third-order valence-electron chi connectivity index (χ3n) is 5.03. The lowest BCUT2D eigenvalue weighted by Crippen LogP contribution is -2.20. The summed E-state index contributed by atoms with van der Waals surface area (Å²) in [5, 5.41) is 19.5. The topological polar surface area (TPSA) is 40.5 Å². The van der Waals surface area contributed by atoms with Crippen LogP contribution in [0.1, 0.15) is 41.9 Å². The zero-order valence-corrected chi connectivity index (χ0v) is 14.5. The number of rotatable bonds is 4. The van der Waals surface area contributed by atoms with Crippen LogP contribution < -0.4 is 0 Å². The molecule has 0 spiro atoms. The molecular formula is C23H24O2. The van der Waals surface area contributed by atoms with Crippen molar-refractivity contribution in [3.8, 4) is 11.5 Å². The van der Waals surface area contributed by atoms with Crippen LogP contribution >= 0.6 is 0 Å². The van der Waals surface area contributed by atoms with Crippen LogP contribution in [-0.4, -0.2) is 10.2 Å². The number of hydrogen-bond donors (Lipinski definition) is 2. The molecule has 0 aliphatic heterocycles. The minimum Gasteiger partial charge on any atom is -0.508 e. The van der Waals surface area contributed by atoms with Crippen LogP contribution in [0.25, 0.3) is 0 Å². The normalized spacial score (nSPS) is 20.4. The molecule has 2 heteroatoms.